The standard InChI is InChI=1S/C4H10O3.C3H4O2/c1-2-7-4(6)3-5;1-2-3(4)5/h4-6H,2-3H2,1H3;2H,1H2,(H,4,5). The van der Waals surface area contributed by atoms with E-state index in [1.54, 1.807) is 6.92 Å². The number of aliphatic hydroxyl groups excluding tert-OH is 2. The van der Waals surface area contributed by atoms with Crippen molar-refractivity contribution in [2.75, 3.05) is 13.2 Å². The summed E-state index contributed by atoms with van der Waals surface area (Å²) >= 11 is 0. The fourth-order valence-electron chi connectivity index (χ4n) is 0.245. The Bertz CT molecular complexity index is 123. The van der Waals surface area contributed by atoms with Crippen LogP contribution in [0.2, 0.25) is 0 Å². The van der Waals surface area contributed by atoms with Gasteiger partial charge in [-0.3, -0.25) is 0 Å². The summed E-state index contributed by atoms with van der Waals surface area (Å²) in [7, 11) is 0. The van der Waals surface area contributed by atoms with Gasteiger partial charge < -0.3 is 20.1 Å². The van der Waals surface area contributed by atoms with Crippen molar-refractivity contribution in [1.82, 2.24) is 0 Å². The molecule has 0 radical (unpaired) electrons. The monoisotopic (exact) mass is 178 g/mol. The van der Waals surface area contributed by atoms with Gasteiger partial charge in [0.15, 0.2) is 6.29 Å². The Hall–Kier alpha value is -0.910. The van der Waals surface area contributed by atoms with Crippen molar-refractivity contribution in [2.45, 2.75) is 13.2 Å². The minimum atomic E-state index is -0.995. The van der Waals surface area contributed by atoms with Gasteiger partial charge in [-0.05, 0) is 6.92 Å². The van der Waals surface area contributed by atoms with Gasteiger partial charge in [0.05, 0.1) is 6.61 Å². The van der Waals surface area contributed by atoms with Crippen LogP contribution in [0.3, 0.4) is 0 Å². The highest BCUT2D eigenvalue weighted by molar-refractivity contribution is 5.78. The van der Waals surface area contributed by atoms with Crippen LogP contribution >= 0.6 is 0 Å². The Morgan fingerprint density at radius 1 is 1.75 bits per heavy atom. The van der Waals surface area contributed by atoms with E-state index in [1.165, 1.54) is 0 Å². The lowest BCUT2D eigenvalue weighted by Gasteiger charge is -2.03. The summed E-state index contributed by atoms with van der Waals surface area (Å²) in [6.07, 6.45) is -0.162. The first-order valence-electron chi connectivity index (χ1n) is 3.34. The molecule has 0 rings (SSSR count). The number of aliphatic carboxylic acids is 1. The largest absolute Gasteiger partial charge is 0.478 e. The molecule has 12 heavy (non-hydrogen) atoms. The zero-order chi connectivity index (χ0) is 9.98. The summed E-state index contributed by atoms with van der Waals surface area (Å²) in [5.74, 6) is -0.981. The highest BCUT2D eigenvalue weighted by Crippen LogP contribution is 1.80. The number of ether oxygens (including phenoxy) is 1. The van der Waals surface area contributed by atoms with Crippen molar-refractivity contribution in [2.24, 2.45) is 0 Å². The summed E-state index contributed by atoms with van der Waals surface area (Å²) in [6, 6.07) is 0. The van der Waals surface area contributed by atoms with E-state index in [0.29, 0.717) is 6.61 Å². The van der Waals surface area contributed by atoms with Crippen LogP contribution in [0, 0.1) is 0 Å². The first-order chi connectivity index (χ1) is 5.58. The molecule has 0 heterocycles. The number of hydrogen-bond donors (Lipinski definition) is 3. The predicted molar refractivity (Wildman–Crippen MR) is 42.6 cm³/mol. The molecule has 0 aliphatic heterocycles. The summed E-state index contributed by atoms with van der Waals surface area (Å²) in [6.45, 7) is 4.82. The molecule has 0 aromatic carbocycles. The Morgan fingerprint density at radius 2 is 2.17 bits per heavy atom. The maximum absolute atomic E-state index is 9.25. The third-order valence-electron chi connectivity index (χ3n) is 0.690. The summed E-state index contributed by atoms with van der Waals surface area (Å²) < 4.78 is 4.50. The molecule has 0 aromatic heterocycles. The number of hydrogen-bond acceptors (Lipinski definition) is 4. The highest BCUT2D eigenvalue weighted by atomic mass is 16.6. The van der Waals surface area contributed by atoms with Gasteiger partial charge in [-0.25, -0.2) is 4.79 Å². The van der Waals surface area contributed by atoms with Gasteiger partial charge in [0, 0.05) is 12.7 Å². The fourth-order valence-corrected chi connectivity index (χ4v) is 0.245. The smallest absolute Gasteiger partial charge is 0.327 e. The topological polar surface area (TPSA) is 87.0 Å². The average molecular weight is 178 g/mol. The van der Waals surface area contributed by atoms with Crippen LogP contribution < -0.4 is 0 Å². The van der Waals surface area contributed by atoms with Crippen LogP contribution in [0.1, 0.15) is 6.92 Å². The lowest BCUT2D eigenvalue weighted by Crippen LogP contribution is -2.15. The molecule has 72 valence electrons. The summed E-state index contributed by atoms with van der Waals surface area (Å²) in [5.41, 5.74) is 0. The molecule has 0 saturated carbocycles. The van der Waals surface area contributed by atoms with Crippen molar-refractivity contribution >= 4 is 5.97 Å². The molecule has 0 aliphatic rings. The molecule has 1 atom stereocenters. The molecule has 0 fully saturated rings. The number of rotatable bonds is 4. The molecular formula is C7H14O5. The second-order valence-corrected chi connectivity index (χ2v) is 1.63. The molecule has 0 amide bonds. The molecule has 0 aliphatic carbocycles. The maximum Gasteiger partial charge on any atom is 0.327 e. The molecular weight excluding hydrogens is 164 g/mol. The second kappa shape index (κ2) is 10.1. The minimum Gasteiger partial charge on any atom is -0.478 e. The Morgan fingerprint density at radius 3 is 2.25 bits per heavy atom. The van der Waals surface area contributed by atoms with Crippen molar-refractivity contribution in [3.63, 3.8) is 0 Å². The van der Waals surface area contributed by atoms with Gasteiger partial charge in [0.1, 0.15) is 0 Å². The van der Waals surface area contributed by atoms with Crippen molar-refractivity contribution in [3.8, 4) is 0 Å². The summed E-state index contributed by atoms with van der Waals surface area (Å²) in [4.78, 5) is 9.25. The number of carboxylic acids is 1. The SMILES string of the molecule is C=CC(=O)O.CCOC(O)CO. The van der Waals surface area contributed by atoms with E-state index in [9.17, 15) is 4.79 Å². The van der Waals surface area contributed by atoms with Crippen molar-refractivity contribution in [3.05, 3.63) is 12.7 Å². The lowest BCUT2D eigenvalue weighted by molar-refractivity contribution is -0.131. The van der Waals surface area contributed by atoms with E-state index < -0.39 is 12.3 Å². The van der Waals surface area contributed by atoms with Crippen LogP contribution in [-0.2, 0) is 9.53 Å². The Balaban J connectivity index is 0. The van der Waals surface area contributed by atoms with Crippen molar-refractivity contribution in [1.29, 1.82) is 0 Å². The van der Waals surface area contributed by atoms with Gasteiger partial charge in [-0.1, -0.05) is 6.58 Å². The first kappa shape index (κ1) is 13.7. The Labute approximate surface area is 70.9 Å². The minimum absolute atomic E-state index is 0.326. The highest BCUT2D eigenvalue weighted by Gasteiger charge is 1.95. The van der Waals surface area contributed by atoms with Crippen LogP contribution in [0.15, 0.2) is 12.7 Å². The van der Waals surface area contributed by atoms with Crippen LogP contribution in [0.5, 0.6) is 0 Å². The zero-order valence-electron chi connectivity index (χ0n) is 6.93. The molecule has 0 aromatic rings. The molecule has 5 heteroatoms. The van der Waals surface area contributed by atoms with E-state index in [-0.39, 0.29) is 6.61 Å². The third kappa shape index (κ3) is 16.0. The van der Waals surface area contributed by atoms with Crippen LogP contribution in [0.25, 0.3) is 0 Å². The molecule has 0 spiro atoms. The van der Waals surface area contributed by atoms with Crippen LogP contribution in [-0.4, -0.2) is 40.8 Å². The molecule has 1 unspecified atom stereocenters. The van der Waals surface area contributed by atoms with Gasteiger partial charge in [-0.15, -0.1) is 0 Å². The fraction of sp³-hybridized carbons (Fsp3) is 0.571. The number of carbonyl (C=O) groups is 1. The van der Waals surface area contributed by atoms with Gasteiger partial charge in [-0.2, -0.15) is 0 Å². The van der Waals surface area contributed by atoms with Gasteiger partial charge in [0.2, 0.25) is 0 Å². The van der Waals surface area contributed by atoms with E-state index in [2.05, 4.69) is 11.3 Å². The average Bonchev–Trinajstić information content (AvgIpc) is 2.06. The lowest BCUT2D eigenvalue weighted by atomic mass is 10.7. The maximum atomic E-state index is 9.25. The van der Waals surface area contributed by atoms with E-state index in [4.69, 9.17) is 15.3 Å². The van der Waals surface area contributed by atoms with E-state index in [0.717, 1.165) is 6.08 Å². The molecule has 3 N–H and O–H groups in total. The molecule has 0 saturated heterocycles. The molecule has 0 bridgehead atoms. The van der Waals surface area contributed by atoms with Crippen molar-refractivity contribution < 1.29 is 24.9 Å². The Kier molecular flexibility index (Phi) is 11.5. The molecule has 5 nitrogen and oxygen atoms in total. The first-order valence-corrected chi connectivity index (χ1v) is 3.34. The normalized spacial score (nSPS) is 10.9. The third-order valence-corrected chi connectivity index (χ3v) is 0.690. The van der Waals surface area contributed by atoms with E-state index in [1.807, 2.05) is 0 Å². The quantitative estimate of drug-likeness (QED) is 0.402. The zero-order valence-corrected chi connectivity index (χ0v) is 6.93. The van der Waals surface area contributed by atoms with E-state index >= 15 is 0 Å². The predicted octanol–water partition coefficient (Wildman–Crippen LogP) is -0.409. The number of aliphatic hydroxyl groups is 2. The van der Waals surface area contributed by atoms with Crippen LogP contribution in [0.4, 0.5) is 0 Å². The second-order valence-electron chi connectivity index (χ2n) is 1.63. The number of carboxylic acid groups (broad SMARTS) is 1. The summed E-state index contributed by atoms with van der Waals surface area (Å²) in [5, 5.41) is 24.1. The van der Waals surface area contributed by atoms with Gasteiger partial charge in [0.25, 0.3) is 0 Å². The van der Waals surface area contributed by atoms with Gasteiger partial charge >= 0.3 is 5.97 Å².